The third-order valence-corrected chi connectivity index (χ3v) is 5.76. The molecule has 0 aliphatic carbocycles. The molecule has 1 fully saturated rings. The van der Waals surface area contributed by atoms with E-state index >= 15 is 0 Å². The summed E-state index contributed by atoms with van der Waals surface area (Å²) in [6.07, 6.45) is 2.98. The van der Waals surface area contributed by atoms with Crippen LogP contribution in [0.15, 0.2) is 12.3 Å². The first-order chi connectivity index (χ1) is 8.31. The van der Waals surface area contributed by atoms with Crippen molar-refractivity contribution < 1.29 is 0 Å². The molecule has 17 heavy (non-hydrogen) atoms. The Bertz CT molecular complexity index is 359. The lowest BCUT2D eigenvalue weighted by Crippen LogP contribution is -2.18. The summed E-state index contributed by atoms with van der Waals surface area (Å²) in [7, 11) is 0. The highest BCUT2D eigenvalue weighted by atomic mass is 32.2. The first-order valence-corrected chi connectivity index (χ1v) is 8.21. The van der Waals surface area contributed by atoms with Gasteiger partial charge in [0.25, 0.3) is 0 Å². The maximum absolute atomic E-state index is 4.63. The molecule has 1 N–H and O–H groups in total. The third-order valence-electron chi connectivity index (χ3n) is 2.67. The van der Waals surface area contributed by atoms with Crippen molar-refractivity contribution in [2.75, 3.05) is 23.4 Å². The Morgan fingerprint density at radius 3 is 3.00 bits per heavy atom. The molecular formula is C12H19N3S2. The van der Waals surface area contributed by atoms with Gasteiger partial charge in [-0.1, -0.05) is 13.8 Å². The van der Waals surface area contributed by atoms with E-state index in [4.69, 9.17) is 0 Å². The van der Waals surface area contributed by atoms with Crippen molar-refractivity contribution in [1.82, 2.24) is 9.97 Å². The highest BCUT2D eigenvalue weighted by Crippen LogP contribution is 2.40. The van der Waals surface area contributed by atoms with Crippen LogP contribution in [0.25, 0.3) is 0 Å². The van der Waals surface area contributed by atoms with Crippen molar-refractivity contribution in [2.24, 2.45) is 0 Å². The molecule has 1 aliphatic rings. The van der Waals surface area contributed by atoms with Gasteiger partial charge < -0.3 is 5.32 Å². The monoisotopic (exact) mass is 269 g/mol. The number of anilines is 1. The summed E-state index contributed by atoms with van der Waals surface area (Å²) in [6.45, 7) is 5.40. The summed E-state index contributed by atoms with van der Waals surface area (Å²) in [5.74, 6) is 4.39. The van der Waals surface area contributed by atoms with E-state index in [1.165, 1.54) is 11.5 Å². The Morgan fingerprint density at radius 2 is 2.24 bits per heavy atom. The number of thioether (sulfide) groups is 2. The minimum absolute atomic E-state index is 0.442. The van der Waals surface area contributed by atoms with Crippen LogP contribution in [0.5, 0.6) is 0 Å². The average Bonchev–Trinajstić information content (AvgIpc) is 2.37. The maximum Gasteiger partial charge on any atom is 0.144 e. The molecule has 0 radical (unpaired) electrons. The van der Waals surface area contributed by atoms with E-state index in [2.05, 4.69) is 29.1 Å². The lowest BCUT2D eigenvalue weighted by molar-refractivity contribution is 0.821. The molecule has 1 aliphatic heterocycles. The molecule has 1 aromatic heterocycles. The molecule has 0 saturated carbocycles. The van der Waals surface area contributed by atoms with Gasteiger partial charge >= 0.3 is 0 Å². The number of rotatable bonds is 4. The summed E-state index contributed by atoms with van der Waals surface area (Å²) < 4.78 is 0. The Kier molecular flexibility index (Phi) is 4.98. The zero-order chi connectivity index (χ0) is 12.1. The molecule has 5 heteroatoms. The molecule has 2 heterocycles. The summed E-state index contributed by atoms with van der Waals surface area (Å²) in [5, 5.41) is 4.37. The first-order valence-electron chi connectivity index (χ1n) is 6.11. The van der Waals surface area contributed by atoms with Crippen molar-refractivity contribution in [3.05, 3.63) is 18.1 Å². The van der Waals surface area contributed by atoms with Crippen LogP contribution in [0.1, 0.15) is 31.3 Å². The zero-order valence-corrected chi connectivity index (χ0v) is 12.0. The molecule has 2 atom stereocenters. The van der Waals surface area contributed by atoms with Gasteiger partial charge in [-0.05, 0) is 12.5 Å². The van der Waals surface area contributed by atoms with Crippen LogP contribution in [0.2, 0.25) is 0 Å². The maximum atomic E-state index is 4.63. The van der Waals surface area contributed by atoms with Crippen LogP contribution in [-0.2, 0) is 0 Å². The van der Waals surface area contributed by atoms with Gasteiger partial charge in [0.1, 0.15) is 11.6 Å². The van der Waals surface area contributed by atoms with Gasteiger partial charge in [0.05, 0.1) is 5.25 Å². The molecule has 0 spiro atoms. The van der Waals surface area contributed by atoms with Crippen molar-refractivity contribution in [1.29, 1.82) is 0 Å². The van der Waals surface area contributed by atoms with Crippen LogP contribution in [0, 0.1) is 0 Å². The Hall–Kier alpha value is -0.420. The number of nitrogens with one attached hydrogen (secondary N) is 1. The molecule has 0 amide bonds. The molecule has 0 bridgehead atoms. The van der Waals surface area contributed by atoms with E-state index in [1.807, 2.05) is 35.8 Å². The fraction of sp³-hybridized carbons (Fsp3) is 0.667. The molecule has 0 aromatic carbocycles. The molecule has 1 aromatic rings. The normalized spacial score (nSPS) is 24.6. The van der Waals surface area contributed by atoms with E-state index < -0.39 is 0 Å². The van der Waals surface area contributed by atoms with E-state index in [0.717, 1.165) is 24.6 Å². The van der Waals surface area contributed by atoms with Crippen LogP contribution in [0.3, 0.4) is 0 Å². The number of hydrogen-bond acceptors (Lipinski definition) is 5. The van der Waals surface area contributed by atoms with Gasteiger partial charge in [-0.2, -0.15) is 11.8 Å². The Morgan fingerprint density at radius 1 is 1.41 bits per heavy atom. The number of hydrogen-bond donors (Lipinski definition) is 1. The van der Waals surface area contributed by atoms with Crippen molar-refractivity contribution in [3.63, 3.8) is 0 Å². The SMILES string of the molecule is CCCNc1ccnc(C2SCCSC2C)n1. The predicted octanol–water partition coefficient (Wildman–Crippen LogP) is 3.21. The largest absolute Gasteiger partial charge is 0.370 e. The van der Waals surface area contributed by atoms with E-state index in [-0.39, 0.29) is 0 Å². The fourth-order valence-electron chi connectivity index (χ4n) is 1.78. The van der Waals surface area contributed by atoms with Crippen molar-refractivity contribution in [3.8, 4) is 0 Å². The van der Waals surface area contributed by atoms with Crippen LogP contribution in [-0.4, -0.2) is 33.3 Å². The van der Waals surface area contributed by atoms with Gasteiger partial charge in [-0.15, -0.1) is 11.8 Å². The summed E-state index contributed by atoms with van der Waals surface area (Å²) in [4.78, 5) is 9.06. The Balaban J connectivity index is 2.08. The molecule has 3 nitrogen and oxygen atoms in total. The topological polar surface area (TPSA) is 37.8 Å². The Labute approximate surface area is 112 Å². The number of nitrogens with zero attached hydrogens (tertiary/aromatic N) is 2. The lowest BCUT2D eigenvalue weighted by atomic mass is 10.3. The lowest BCUT2D eigenvalue weighted by Gasteiger charge is -2.26. The van der Waals surface area contributed by atoms with Gasteiger partial charge in [-0.3, -0.25) is 0 Å². The minimum atomic E-state index is 0.442. The van der Waals surface area contributed by atoms with Gasteiger partial charge in [0.2, 0.25) is 0 Å². The van der Waals surface area contributed by atoms with E-state index in [0.29, 0.717) is 10.5 Å². The highest BCUT2D eigenvalue weighted by Gasteiger charge is 2.26. The van der Waals surface area contributed by atoms with Gasteiger partial charge in [0.15, 0.2) is 0 Å². The molecule has 94 valence electrons. The fourth-order valence-corrected chi connectivity index (χ4v) is 4.48. The quantitative estimate of drug-likeness (QED) is 0.908. The van der Waals surface area contributed by atoms with Crippen LogP contribution < -0.4 is 5.32 Å². The smallest absolute Gasteiger partial charge is 0.144 e. The number of aromatic nitrogens is 2. The average molecular weight is 269 g/mol. The molecule has 1 saturated heterocycles. The molecule has 2 rings (SSSR count). The minimum Gasteiger partial charge on any atom is -0.370 e. The summed E-state index contributed by atoms with van der Waals surface area (Å²) in [5.41, 5.74) is 0. The summed E-state index contributed by atoms with van der Waals surface area (Å²) >= 11 is 4.01. The summed E-state index contributed by atoms with van der Waals surface area (Å²) in [6, 6.07) is 1.95. The van der Waals surface area contributed by atoms with E-state index in [1.54, 1.807) is 0 Å². The highest BCUT2D eigenvalue weighted by molar-refractivity contribution is 8.06. The second kappa shape index (κ2) is 6.50. The van der Waals surface area contributed by atoms with E-state index in [9.17, 15) is 0 Å². The van der Waals surface area contributed by atoms with Crippen LogP contribution in [0.4, 0.5) is 5.82 Å². The van der Waals surface area contributed by atoms with Gasteiger partial charge in [-0.25, -0.2) is 9.97 Å². The third kappa shape index (κ3) is 3.52. The molecular weight excluding hydrogens is 250 g/mol. The zero-order valence-electron chi connectivity index (χ0n) is 10.3. The standard InChI is InChI=1S/C12H19N3S2/c1-3-5-13-10-4-6-14-12(15-10)11-9(2)16-7-8-17-11/h4,6,9,11H,3,5,7-8H2,1-2H3,(H,13,14,15). The van der Waals surface area contributed by atoms with Crippen molar-refractivity contribution in [2.45, 2.75) is 30.8 Å². The second-order valence-corrected chi connectivity index (χ2v) is 6.83. The van der Waals surface area contributed by atoms with Crippen molar-refractivity contribution >= 4 is 29.3 Å². The predicted molar refractivity (Wildman–Crippen MR) is 77.9 cm³/mol. The van der Waals surface area contributed by atoms with Crippen LogP contribution >= 0.6 is 23.5 Å². The second-order valence-electron chi connectivity index (χ2n) is 4.09. The van der Waals surface area contributed by atoms with Gasteiger partial charge in [0, 0.05) is 29.5 Å². The molecule has 2 unspecified atom stereocenters. The first kappa shape index (κ1) is 13.0.